The van der Waals surface area contributed by atoms with E-state index < -0.39 is 11.6 Å². The molecule has 1 atom stereocenters. The van der Waals surface area contributed by atoms with Crippen LogP contribution in [0.1, 0.15) is 26.2 Å². The number of likely N-dealkylation sites (tertiary alicyclic amines) is 1. The molecule has 0 aromatic rings. The third kappa shape index (κ3) is 2.57. The number of ether oxygens (including phenoxy) is 1. The van der Waals surface area contributed by atoms with Gasteiger partial charge >= 0.3 is 5.97 Å². The van der Waals surface area contributed by atoms with Gasteiger partial charge in [-0.1, -0.05) is 0 Å². The molecule has 90 valence electrons. The number of esters is 1. The van der Waals surface area contributed by atoms with Gasteiger partial charge < -0.3 is 9.84 Å². The number of carbonyl (C=O) groups excluding carboxylic acids is 3. The lowest BCUT2D eigenvalue weighted by atomic mass is 10.0. The van der Waals surface area contributed by atoms with Gasteiger partial charge in [-0.25, -0.2) is 4.79 Å². The van der Waals surface area contributed by atoms with E-state index in [0.29, 0.717) is 6.42 Å². The van der Waals surface area contributed by atoms with Crippen LogP contribution < -0.4 is 0 Å². The molecule has 6 heteroatoms. The lowest BCUT2D eigenvalue weighted by Gasteiger charge is -2.30. The van der Waals surface area contributed by atoms with Crippen molar-refractivity contribution >= 4 is 17.8 Å². The summed E-state index contributed by atoms with van der Waals surface area (Å²) in [5.41, 5.74) is -1.85. The van der Waals surface area contributed by atoms with Crippen molar-refractivity contribution < 1.29 is 24.2 Å². The van der Waals surface area contributed by atoms with Crippen molar-refractivity contribution in [2.24, 2.45) is 0 Å². The van der Waals surface area contributed by atoms with E-state index in [-0.39, 0.29) is 31.2 Å². The molecule has 1 aliphatic rings. The Kier molecular flexibility index (Phi) is 3.64. The Hall–Kier alpha value is -1.43. The molecule has 0 radical (unpaired) electrons. The molecule has 0 spiro atoms. The van der Waals surface area contributed by atoms with Crippen LogP contribution in [0.4, 0.5) is 0 Å². The second kappa shape index (κ2) is 4.61. The Morgan fingerprint density at radius 3 is 2.38 bits per heavy atom. The highest BCUT2D eigenvalue weighted by Gasteiger charge is 2.38. The van der Waals surface area contributed by atoms with Gasteiger partial charge in [-0.3, -0.25) is 14.5 Å². The first kappa shape index (κ1) is 12.6. The molecule has 2 amide bonds. The molecule has 0 aromatic carbocycles. The molecular weight excluding hydrogens is 214 g/mol. The molecule has 1 unspecified atom stereocenters. The number of carbonyl (C=O) groups is 3. The second-order valence-electron chi connectivity index (χ2n) is 3.99. The molecule has 1 rings (SSSR count). The lowest BCUT2D eigenvalue weighted by Crippen LogP contribution is -2.52. The van der Waals surface area contributed by atoms with Crippen molar-refractivity contribution in [1.29, 1.82) is 0 Å². The molecule has 1 fully saturated rings. The van der Waals surface area contributed by atoms with Crippen LogP contribution >= 0.6 is 0 Å². The van der Waals surface area contributed by atoms with E-state index in [2.05, 4.69) is 4.74 Å². The van der Waals surface area contributed by atoms with E-state index >= 15 is 0 Å². The molecule has 0 aliphatic carbocycles. The topological polar surface area (TPSA) is 83.9 Å². The maximum atomic E-state index is 11.4. The molecule has 16 heavy (non-hydrogen) atoms. The number of imide groups is 1. The summed E-state index contributed by atoms with van der Waals surface area (Å²) in [6.07, 6.45) is 1.06. The van der Waals surface area contributed by atoms with Gasteiger partial charge in [-0.05, 0) is 13.3 Å². The first-order valence-electron chi connectivity index (χ1n) is 5.02. The van der Waals surface area contributed by atoms with Crippen molar-refractivity contribution in [1.82, 2.24) is 4.90 Å². The Morgan fingerprint density at radius 2 is 1.94 bits per heavy atom. The molecule has 1 N–H and O–H groups in total. The van der Waals surface area contributed by atoms with Gasteiger partial charge in [-0.15, -0.1) is 0 Å². The summed E-state index contributed by atoms with van der Waals surface area (Å²) < 4.78 is 4.39. The van der Waals surface area contributed by atoms with Gasteiger partial charge in [0.15, 0.2) is 5.60 Å². The third-order valence-electron chi connectivity index (χ3n) is 2.47. The van der Waals surface area contributed by atoms with Crippen molar-refractivity contribution in [2.45, 2.75) is 31.8 Å². The summed E-state index contributed by atoms with van der Waals surface area (Å²) in [6, 6.07) is 0. The quantitative estimate of drug-likeness (QED) is 0.518. The summed E-state index contributed by atoms with van der Waals surface area (Å²) >= 11 is 0. The zero-order chi connectivity index (χ0) is 12.3. The summed E-state index contributed by atoms with van der Waals surface area (Å²) in [5, 5.41) is 9.75. The number of rotatable bonds is 3. The van der Waals surface area contributed by atoms with E-state index in [0.717, 1.165) is 12.0 Å². The van der Waals surface area contributed by atoms with Crippen LogP contribution in [-0.4, -0.2) is 47.0 Å². The minimum Gasteiger partial charge on any atom is -0.467 e. The predicted molar refractivity (Wildman–Crippen MR) is 53.2 cm³/mol. The molecule has 0 aromatic heterocycles. The third-order valence-corrected chi connectivity index (χ3v) is 2.47. The fraction of sp³-hybridized carbons (Fsp3) is 0.700. The van der Waals surface area contributed by atoms with Crippen LogP contribution in [0.3, 0.4) is 0 Å². The summed E-state index contributed by atoms with van der Waals surface area (Å²) in [4.78, 5) is 35.0. The molecule has 1 heterocycles. The lowest BCUT2D eigenvalue weighted by molar-refractivity contribution is -0.166. The van der Waals surface area contributed by atoms with E-state index in [4.69, 9.17) is 0 Å². The van der Waals surface area contributed by atoms with E-state index in [1.165, 1.54) is 6.92 Å². The number of hydrogen-bond acceptors (Lipinski definition) is 5. The number of aliphatic hydroxyl groups is 1. The Labute approximate surface area is 93.2 Å². The highest BCUT2D eigenvalue weighted by Crippen LogP contribution is 2.16. The minimum atomic E-state index is -1.85. The minimum absolute atomic E-state index is 0.267. The number of hydrogen-bond donors (Lipinski definition) is 1. The number of amides is 2. The van der Waals surface area contributed by atoms with Gasteiger partial charge in [-0.2, -0.15) is 0 Å². The predicted octanol–water partition coefficient (Wildman–Crippen LogP) is -0.551. The standard InChI is InChI=1S/C10H15NO5/c1-10(15,9(14)16-2)6-11-7(12)4-3-5-8(11)13/h15H,3-6H2,1-2H3. The summed E-state index contributed by atoms with van der Waals surface area (Å²) in [6.45, 7) is 0.866. The number of nitrogens with zero attached hydrogens (tertiary/aromatic N) is 1. The molecule has 1 aliphatic heterocycles. The van der Waals surface area contributed by atoms with E-state index in [1.807, 2.05) is 0 Å². The normalized spacial score (nSPS) is 20.6. The average molecular weight is 229 g/mol. The van der Waals surface area contributed by atoms with Gasteiger partial charge in [0, 0.05) is 12.8 Å². The van der Waals surface area contributed by atoms with Gasteiger partial charge in [0.25, 0.3) is 0 Å². The largest absolute Gasteiger partial charge is 0.467 e. The van der Waals surface area contributed by atoms with Crippen molar-refractivity contribution in [3.8, 4) is 0 Å². The monoisotopic (exact) mass is 229 g/mol. The van der Waals surface area contributed by atoms with Crippen LogP contribution in [0.2, 0.25) is 0 Å². The van der Waals surface area contributed by atoms with Crippen molar-refractivity contribution in [3.05, 3.63) is 0 Å². The summed E-state index contributed by atoms with van der Waals surface area (Å²) in [7, 11) is 1.14. The van der Waals surface area contributed by atoms with E-state index in [1.54, 1.807) is 0 Å². The van der Waals surface area contributed by atoms with Crippen LogP contribution in [0.5, 0.6) is 0 Å². The van der Waals surface area contributed by atoms with Crippen LogP contribution in [-0.2, 0) is 19.1 Å². The van der Waals surface area contributed by atoms with Crippen LogP contribution in [0.15, 0.2) is 0 Å². The maximum Gasteiger partial charge on any atom is 0.339 e. The molecule has 0 bridgehead atoms. The van der Waals surface area contributed by atoms with Crippen molar-refractivity contribution in [3.63, 3.8) is 0 Å². The fourth-order valence-corrected chi connectivity index (χ4v) is 1.57. The highest BCUT2D eigenvalue weighted by atomic mass is 16.5. The molecular formula is C10H15NO5. The molecule has 0 saturated carbocycles. The number of β-amino-alcohol motifs (C(OH)–C–C–N with tert-alkyl or cyclic N) is 1. The average Bonchev–Trinajstić information content (AvgIpc) is 2.22. The highest BCUT2D eigenvalue weighted by molar-refractivity contribution is 5.98. The SMILES string of the molecule is COC(=O)C(C)(O)CN1C(=O)CCCC1=O. The van der Waals surface area contributed by atoms with Crippen molar-refractivity contribution in [2.75, 3.05) is 13.7 Å². The summed E-state index contributed by atoms with van der Waals surface area (Å²) in [5.74, 6) is -1.58. The Balaban J connectivity index is 2.74. The Bertz CT molecular complexity index is 307. The second-order valence-corrected chi connectivity index (χ2v) is 3.99. The zero-order valence-corrected chi connectivity index (χ0v) is 9.36. The van der Waals surface area contributed by atoms with Gasteiger partial charge in [0.2, 0.25) is 11.8 Å². The fourth-order valence-electron chi connectivity index (χ4n) is 1.57. The van der Waals surface area contributed by atoms with Crippen LogP contribution in [0, 0.1) is 0 Å². The first-order chi connectivity index (χ1) is 7.38. The maximum absolute atomic E-state index is 11.4. The van der Waals surface area contributed by atoms with Gasteiger partial charge in [0.05, 0.1) is 13.7 Å². The number of methoxy groups -OCH3 is 1. The first-order valence-corrected chi connectivity index (χ1v) is 5.02. The van der Waals surface area contributed by atoms with E-state index in [9.17, 15) is 19.5 Å². The molecule has 1 saturated heterocycles. The smallest absolute Gasteiger partial charge is 0.339 e. The van der Waals surface area contributed by atoms with Gasteiger partial charge in [0.1, 0.15) is 0 Å². The Morgan fingerprint density at radius 1 is 1.44 bits per heavy atom. The zero-order valence-electron chi connectivity index (χ0n) is 9.36. The van der Waals surface area contributed by atoms with Crippen LogP contribution in [0.25, 0.3) is 0 Å². The molecule has 6 nitrogen and oxygen atoms in total. The number of piperidine rings is 1.